The maximum atomic E-state index is 13.4. The number of oxime groups is 1. The average Bonchev–Trinajstić information content (AvgIpc) is 3.12. The van der Waals surface area contributed by atoms with Gasteiger partial charge in [0.25, 0.3) is 0 Å². The van der Waals surface area contributed by atoms with Crippen LogP contribution in [0.5, 0.6) is 0 Å². The van der Waals surface area contributed by atoms with Gasteiger partial charge in [-0.2, -0.15) is 0 Å². The Morgan fingerprint density at radius 1 is 1.03 bits per heavy atom. The first kappa shape index (κ1) is 21.3. The van der Waals surface area contributed by atoms with Gasteiger partial charge in [-0.25, -0.2) is 4.79 Å². The number of para-hydroxylation sites is 1. The average molecular weight is 419 g/mol. The second kappa shape index (κ2) is 9.46. The minimum absolute atomic E-state index is 0.160. The number of aryl methyl sites for hydroxylation is 1. The highest BCUT2D eigenvalue weighted by Gasteiger charge is 2.21. The number of rotatable bonds is 7. The summed E-state index contributed by atoms with van der Waals surface area (Å²) in [5, 5.41) is 6.15. The second-order valence-corrected chi connectivity index (χ2v) is 8.49. The molecule has 0 amide bonds. The molecule has 1 aliphatic rings. The molecular weight excluding hydrogens is 388 g/mol. The largest absolute Gasteiger partial charge is 0.341 e. The van der Waals surface area contributed by atoms with Crippen LogP contribution in [0.25, 0.3) is 21.8 Å². The quantitative estimate of drug-likeness (QED) is 0.196. The van der Waals surface area contributed by atoms with Crippen molar-refractivity contribution in [2.24, 2.45) is 11.1 Å². The number of nitrogens with zero attached hydrogens (tertiary/aromatic N) is 2. The van der Waals surface area contributed by atoms with E-state index in [0.717, 1.165) is 34.8 Å². The zero-order valence-corrected chi connectivity index (χ0v) is 18.4. The first-order chi connectivity index (χ1) is 15.1. The van der Waals surface area contributed by atoms with Gasteiger partial charge in [0.2, 0.25) is 5.78 Å². The SMILES string of the molecule is CCn1c2ccccc2c2cc(C(=O)/C(CCC3CCCCC3)=N/OC(C)=O)ccc21. The Hall–Kier alpha value is -2.95. The molecule has 1 saturated carbocycles. The molecule has 1 aromatic heterocycles. The minimum Gasteiger partial charge on any atom is -0.341 e. The lowest BCUT2D eigenvalue weighted by Crippen LogP contribution is -2.18. The standard InChI is InChI=1S/C26H30N2O3/c1-3-28-24-12-8-7-11-21(24)22-17-20(14-16-25(22)28)26(30)23(27-31-18(2)29)15-13-19-9-5-4-6-10-19/h7-8,11-12,14,16-17,19H,3-6,9-10,13,15H2,1-2H3/b27-23+. The molecule has 0 bridgehead atoms. The molecule has 4 rings (SSSR count). The van der Waals surface area contributed by atoms with Gasteiger partial charge in [-0.1, -0.05) is 55.5 Å². The van der Waals surface area contributed by atoms with Crippen LogP contribution >= 0.6 is 0 Å². The third kappa shape index (κ3) is 4.55. The lowest BCUT2D eigenvalue weighted by atomic mass is 9.85. The molecule has 0 unspecified atom stereocenters. The molecule has 0 saturated heterocycles. The summed E-state index contributed by atoms with van der Waals surface area (Å²) in [6.07, 6.45) is 7.67. The summed E-state index contributed by atoms with van der Waals surface area (Å²) in [7, 11) is 0. The van der Waals surface area contributed by atoms with Crippen LogP contribution < -0.4 is 0 Å². The highest BCUT2D eigenvalue weighted by Crippen LogP contribution is 2.31. The summed E-state index contributed by atoms with van der Waals surface area (Å²) in [5.74, 6) is -0.0502. The van der Waals surface area contributed by atoms with E-state index in [1.54, 1.807) is 0 Å². The third-order valence-corrected chi connectivity index (χ3v) is 6.41. The number of ketones is 1. The highest BCUT2D eigenvalue weighted by molar-refractivity contribution is 6.46. The van der Waals surface area contributed by atoms with Crippen LogP contribution in [0.4, 0.5) is 0 Å². The van der Waals surface area contributed by atoms with Crippen molar-refractivity contribution >= 4 is 39.3 Å². The Labute approximate surface area is 183 Å². The summed E-state index contributed by atoms with van der Waals surface area (Å²) in [6.45, 7) is 4.29. The first-order valence-corrected chi connectivity index (χ1v) is 11.4. The number of Topliss-reactive ketones (excluding diaryl/α,β-unsaturated/α-hetero) is 1. The highest BCUT2D eigenvalue weighted by atomic mass is 16.7. The maximum absolute atomic E-state index is 13.4. The molecule has 0 aliphatic heterocycles. The van der Waals surface area contributed by atoms with E-state index in [4.69, 9.17) is 4.84 Å². The molecule has 1 heterocycles. The van der Waals surface area contributed by atoms with Gasteiger partial charge in [-0.05, 0) is 49.9 Å². The van der Waals surface area contributed by atoms with Crippen molar-refractivity contribution in [2.45, 2.75) is 65.3 Å². The van der Waals surface area contributed by atoms with Crippen molar-refractivity contribution in [3.63, 3.8) is 0 Å². The Bertz CT molecular complexity index is 1140. The van der Waals surface area contributed by atoms with Gasteiger partial charge in [-0.3, -0.25) is 4.79 Å². The van der Waals surface area contributed by atoms with Crippen LogP contribution in [0.2, 0.25) is 0 Å². The fraction of sp³-hybridized carbons (Fsp3) is 0.423. The predicted molar refractivity (Wildman–Crippen MR) is 124 cm³/mol. The number of aromatic nitrogens is 1. The van der Waals surface area contributed by atoms with Crippen LogP contribution in [0.1, 0.15) is 69.2 Å². The second-order valence-electron chi connectivity index (χ2n) is 8.49. The van der Waals surface area contributed by atoms with E-state index in [2.05, 4.69) is 28.8 Å². The molecular formula is C26H30N2O3. The van der Waals surface area contributed by atoms with Crippen LogP contribution in [0.15, 0.2) is 47.6 Å². The van der Waals surface area contributed by atoms with E-state index < -0.39 is 5.97 Å². The summed E-state index contributed by atoms with van der Waals surface area (Å²) in [5.41, 5.74) is 3.19. The van der Waals surface area contributed by atoms with E-state index in [-0.39, 0.29) is 5.78 Å². The summed E-state index contributed by atoms with van der Waals surface area (Å²) in [4.78, 5) is 29.6. The lowest BCUT2D eigenvalue weighted by Gasteiger charge is -2.21. The van der Waals surface area contributed by atoms with Crippen LogP contribution in [0.3, 0.4) is 0 Å². The number of fused-ring (bicyclic) bond motifs is 3. The molecule has 3 aromatic rings. The van der Waals surface area contributed by atoms with Gasteiger partial charge in [0.15, 0.2) is 0 Å². The molecule has 0 N–H and O–H groups in total. The van der Waals surface area contributed by atoms with Gasteiger partial charge in [0.1, 0.15) is 5.71 Å². The zero-order chi connectivity index (χ0) is 21.8. The molecule has 0 atom stereocenters. The lowest BCUT2D eigenvalue weighted by molar-refractivity contribution is -0.140. The number of hydrogen-bond acceptors (Lipinski definition) is 4. The summed E-state index contributed by atoms with van der Waals surface area (Å²) in [6, 6.07) is 14.1. The van der Waals surface area contributed by atoms with Crippen molar-refractivity contribution in [3.05, 3.63) is 48.0 Å². The van der Waals surface area contributed by atoms with Crippen molar-refractivity contribution in [2.75, 3.05) is 0 Å². The zero-order valence-electron chi connectivity index (χ0n) is 18.4. The Kier molecular flexibility index (Phi) is 6.50. The molecule has 2 aromatic carbocycles. The maximum Gasteiger partial charge on any atom is 0.331 e. The number of carbonyl (C=O) groups is 2. The van der Waals surface area contributed by atoms with E-state index >= 15 is 0 Å². The number of hydrogen-bond donors (Lipinski definition) is 0. The fourth-order valence-corrected chi connectivity index (χ4v) is 4.84. The van der Waals surface area contributed by atoms with E-state index in [0.29, 0.717) is 23.6 Å². The summed E-state index contributed by atoms with van der Waals surface area (Å²) < 4.78 is 2.26. The Balaban J connectivity index is 1.66. The van der Waals surface area contributed by atoms with E-state index in [9.17, 15) is 9.59 Å². The van der Waals surface area contributed by atoms with Crippen LogP contribution in [-0.2, 0) is 16.2 Å². The monoisotopic (exact) mass is 418 g/mol. The van der Waals surface area contributed by atoms with Gasteiger partial charge in [0, 0.05) is 40.8 Å². The molecule has 162 valence electrons. The summed E-state index contributed by atoms with van der Waals surface area (Å²) >= 11 is 0. The third-order valence-electron chi connectivity index (χ3n) is 6.41. The van der Waals surface area contributed by atoms with Crippen LogP contribution in [0, 0.1) is 5.92 Å². The molecule has 5 heteroatoms. The van der Waals surface area contributed by atoms with Gasteiger partial charge < -0.3 is 9.40 Å². The van der Waals surface area contributed by atoms with E-state index in [1.807, 2.05) is 30.3 Å². The number of carbonyl (C=O) groups excluding carboxylic acids is 2. The van der Waals surface area contributed by atoms with Crippen molar-refractivity contribution < 1.29 is 14.4 Å². The molecule has 5 nitrogen and oxygen atoms in total. The number of benzene rings is 2. The predicted octanol–water partition coefficient (Wildman–Crippen LogP) is 6.28. The van der Waals surface area contributed by atoms with Crippen molar-refractivity contribution in [3.8, 4) is 0 Å². The van der Waals surface area contributed by atoms with E-state index in [1.165, 1.54) is 39.0 Å². The Morgan fingerprint density at radius 3 is 2.52 bits per heavy atom. The first-order valence-electron chi connectivity index (χ1n) is 11.4. The fourth-order valence-electron chi connectivity index (χ4n) is 4.84. The van der Waals surface area contributed by atoms with Crippen molar-refractivity contribution in [1.29, 1.82) is 0 Å². The molecule has 0 spiro atoms. The van der Waals surface area contributed by atoms with Crippen LogP contribution in [-0.4, -0.2) is 22.0 Å². The Morgan fingerprint density at radius 2 is 1.77 bits per heavy atom. The normalized spacial score (nSPS) is 15.5. The molecule has 31 heavy (non-hydrogen) atoms. The minimum atomic E-state index is -0.510. The van der Waals surface area contributed by atoms with Gasteiger partial charge in [0.05, 0.1) is 0 Å². The molecule has 1 fully saturated rings. The van der Waals surface area contributed by atoms with Crippen molar-refractivity contribution in [1.82, 2.24) is 4.57 Å². The van der Waals surface area contributed by atoms with Gasteiger partial charge in [-0.15, -0.1) is 0 Å². The molecule has 1 aliphatic carbocycles. The topological polar surface area (TPSA) is 60.7 Å². The smallest absolute Gasteiger partial charge is 0.331 e. The van der Waals surface area contributed by atoms with Gasteiger partial charge >= 0.3 is 5.97 Å². The molecule has 0 radical (unpaired) electrons.